The number of carbonyl (C=O) groups excluding carboxylic acids is 1. The Kier molecular flexibility index (Phi) is 5.19. The minimum Gasteiger partial charge on any atom is -0.357 e. The molecular weight excluding hydrogens is 453 g/mol. The molecule has 2 aliphatic rings. The van der Waals surface area contributed by atoms with E-state index in [0.29, 0.717) is 13.1 Å². The summed E-state index contributed by atoms with van der Waals surface area (Å²) in [5, 5.41) is 3.92. The first-order valence-electron chi connectivity index (χ1n) is 10.7. The van der Waals surface area contributed by atoms with E-state index < -0.39 is 17.6 Å². The Bertz CT molecular complexity index is 1210. The highest BCUT2D eigenvalue weighted by atomic mass is 32.1. The molecule has 174 valence electrons. The molecule has 5 heterocycles. The third-order valence-corrected chi connectivity index (χ3v) is 7.55. The van der Waals surface area contributed by atoms with Gasteiger partial charge in [0.25, 0.3) is 5.91 Å². The van der Waals surface area contributed by atoms with Gasteiger partial charge in [-0.1, -0.05) is 0 Å². The van der Waals surface area contributed by atoms with Crippen LogP contribution in [0.1, 0.15) is 34.5 Å². The quantitative estimate of drug-likeness (QED) is 0.619. The van der Waals surface area contributed by atoms with E-state index in [9.17, 15) is 18.0 Å². The summed E-state index contributed by atoms with van der Waals surface area (Å²) in [6.07, 6.45) is -1.08. The third kappa shape index (κ3) is 3.88. The van der Waals surface area contributed by atoms with Crippen molar-refractivity contribution < 1.29 is 18.0 Å². The number of rotatable bonds is 3. The van der Waals surface area contributed by atoms with E-state index in [4.69, 9.17) is 0 Å². The number of nitrogens with zero attached hydrogens (tertiary/aromatic N) is 5. The van der Waals surface area contributed by atoms with Crippen LogP contribution in [0.25, 0.3) is 10.2 Å². The maximum atomic E-state index is 13.8. The average Bonchev–Trinajstić information content (AvgIpc) is 3.19. The Morgan fingerprint density at radius 3 is 2.55 bits per heavy atom. The molecule has 0 unspecified atom stereocenters. The van der Waals surface area contributed by atoms with Crippen molar-refractivity contribution in [1.82, 2.24) is 20.3 Å². The summed E-state index contributed by atoms with van der Waals surface area (Å²) >= 11 is 0.899. The Labute approximate surface area is 192 Å². The number of amides is 1. The third-order valence-electron chi connectivity index (χ3n) is 6.55. The van der Waals surface area contributed by atoms with Gasteiger partial charge in [-0.15, -0.1) is 11.3 Å². The molecule has 33 heavy (non-hydrogen) atoms. The number of piperidine rings is 1. The number of aryl methyl sites for hydroxylation is 1. The molecule has 3 aromatic heterocycles. The molecule has 0 bridgehead atoms. The number of fused-ring (bicyclic) bond motifs is 1. The van der Waals surface area contributed by atoms with Crippen molar-refractivity contribution in [2.45, 2.75) is 25.9 Å². The van der Waals surface area contributed by atoms with Crippen LogP contribution >= 0.6 is 11.3 Å². The first-order valence-corrected chi connectivity index (χ1v) is 11.6. The minimum absolute atomic E-state index is 0.00822. The lowest BCUT2D eigenvalue weighted by Crippen LogP contribution is -2.61. The Hall–Kier alpha value is -2.95. The van der Waals surface area contributed by atoms with Crippen LogP contribution in [0.5, 0.6) is 0 Å². The summed E-state index contributed by atoms with van der Waals surface area (Å²) in [6, 6.07) is 2.98. The molecule has 7 nitrogen and oxygen atoms in total. The van der Waals surface area contributed by atoms with Gasteiger partial charge in [0.15, 0.2) is 0 Å². The summed E-state index contributed by atoms with van der Waals surface area (Å²) in [7, 11) is 1.45. The number of pyridine rings is 1. The van der Waals surface area contributed by atoms with E-state index in [0.717, 1.165) is 55.0 Å². The maximum absolute atomic E-state index is 13.8. The number of nitrogens with one attached hydrogen (secondary N) is 1. The van der Waals surface area contributed by atoms with E-state index in [2.05, 4.69) is 25.2 Å². The molecule has 0 aliphatic carbocycles. The van der Waals surface area contributed by atoms with Crippen LogP contribution in [0, 0.1) is 12.3 Å². The molecule has 0 saturated carbocycles. The van der Waals surface area contributed by atoms with Gasteiger partial charge in [-0.25, -0.2) is 15.0 Å². The second-order valence-electron chi connectivity index (χ2n) is 8.77. The average molecular weight is 477 g/mol. The lowest BCUT2D eigenvalue weighted by molar-refractivity contribution is -0.136. The number of aromatic nitrogens is 3. The van der Waals surface area contributed by atoms with Crippen molar-refractivity contribution in [2.24, 2.45) is 5.41 Å². The lowest BCUT2D eigenvalue weighted by atomic mass is 9.72. The van der Waals surface area contributed by atoms with Crippen LogP contribution in [0.4, 0.5) is 24.9 Å². The molecule has 1 amide bonds. The molecule has 2 aliphatic heterocycles. The molecule has 1 spiro atoms. The smallest absolute Gasteiger partial charge is 0.357 e. The first kappa shape index (κ1) is 21.9. The number of alkyl halides is 3. The van der Waals surface area contributed by atoms with Gasteiger partial charge in [0.05, 0.1) is 21.3 Å². The monoisotopic (exact) mass is 476 g/mol. The molecule has 0 radical (unpaired) electrons. The fourth-order valence-electron chi connectivity index (χ4n) is 4.68. The summed E-state index contributed by atoms with van der Waals surface area (Å²) in [4.78, 5) is 29.6. The number of hydrogen-bond acceptors (Lipinski definition) is 7. The lowest BCUT2D eigenvalue weighted by Gasteiger charge is -2.54. The van der Waals surface area contributed by atoms with Gasteiger partial charge in [-0.05, 0) is 31.9 Å². The van der Waals surface area contributed by atoms with Gasteiger partial charge in [0.2, 0.25) is 5.95 Å². The number of anilines is 2. The van der Waals surface area contributed by atoms with E-state index in [1.807, 2.05) is 17.9 Å². The Balaban J connectivity index is 1.37. The van der Waals surface area contributed by atoms with Crippen molar-refractivity contribution in [2.75, 3.05) is 43.0 Å². The number of thiophene rings is 1. The largest absolute Gasteiger partial charge is 0.417 e. The van der Waals surface area contributed by atoms with Crippen LogP contribution in [-0.4, -0.2) is 54.1 Å². The van der Waals surface area contributed by atoms with E-state index in [-0.39, 0.29) is 27.0 Å². The predicted molar refractivity (Wildman–Crippen MR) is 121 cm³/mol. The van der Waals surface area contributed by atoms with Crippen LogP contribution < -0.4 is 15.1 Å². The second-order valence-corrected chi connectivity index (χ2v) is 9.65. The number of hydrogen-bond donors (Lipinski definition) is 1. The summed E-state index contributed by atoms with van der Waals surface area (Å²) < 4.78 is 41.4. The Morgan fingerprint density at radius 2 is 1.91 bits per heavy atom. The van der Waals surface area contributed by atoms with E-state index in [1.54, 1.807) is 6.20 Å². The molecule has 11 heteroatoms. The SMILES string of the molecule is CNC(=O)c1csc2c(C(F)(F)F)cc(N3CCC4(CC3)CN(c3nccc(C)n3)C4)nc12. The Morgan fingerprint density at radius 1 is 1.18 bits per heavy atom. The zero-order chi connectivity index (χ0) is 23.4. The van der Waals surface area contributed by atoms with Crippen molar-refractivity contribution in [3.8, 4) is 0 Å². The highest BCUT2D eigenvalue weighted by molar-refractivity contribution is 7.17. The van der Waals surface area contributed by atoms with Gasteiger partial charge in [0.1, 0.15) is 5.82 Å². The molecule has 0 aromatic carbocycles. The fraction of sp³-hybridized carbons (Fsp3) is 0.455. The van der Waals surface area contributed by atoms with Crippen molar-refractivity contribution >= 4 is 39.2 Å². The molecule has 3 aromatic rings. The highest BCUT2D eigenvalue weighted by Crippen LogP contribution is 2.44. The molecule has 2 saturated heterocycles. The normalized spacial score (nSPS) is 18.0. The van der Waals surface area contributed by atoms with Crippen LogP contribution in [0.3, 0.4) is 0 Å². The molecule has 2 fully saturated rings. The highest BCUT2D eigenvalue weighted by Gasteiger charge is 2.46. The molecule has 0 atom stereocenters. The summed E-state index contributed by atoms with van der Waals surface area (Å²) in [6.45, 7) is 4.84. The topological polar surface area (TPSA) is 74.2 Å². The minimum atomic E-state index is -4.53. The van der Waals surface area contributed by atoms with Crippen LogP contribution in [0.2, 0.25) is 0 Å². The van der Waals surface area contributed by atoms with Crippen molar-refractivity contribution in [1.29, 1.82) is 0 Å². The molecule has 5 rings (SSSR count). The molecular formula is C22H23F3N6OS. The van der Waals surface area contributed by atoms with E-state index in [1.165, 1.54) is 12.4 Å². The van der Waals surface area contributed by atoms with Gasteiger partial charge < -0.3 is 15.1 Å². The van der Waals surface area contributed by atoms with Crippen molar-refractivity contribution in [3.63, 3.8) is 0 Å². The maximum Gasteiger partial charge on any atom is 0.417 e. The van der Waals surface area contributed by atoms with Crippen molar-refractivity contribution in [3.05, 3.63) is 40.5 Å². The molecule has 1 N–H and O–H groups in total. The second kappa shape index (κ2) is 7.82. The van der Waals surface area contributed by atoms with Crippen LogP contribution in [-0.2, 0) is 6.18 Å². The summed E-state index contributed by atoms with van der Waals surface area (Å²) in [5.74, 6) is 0.556. The van der Waals surface area contributed by atoms with E-state index >= 15 is 0 Å². The summed E-state index contributed by atoms with van der Waals surface area (Å²) in [5.41, 5.74) is 0.578. The predicted octanol–water partition coefficient (Wildman–Crippen LogP) is 3.88. The fourth-order valence-corrected chi connectivity index (χ4v) is 5.71. The van der Waals surface area contributed by atoms with Gasteiger partial charge in [-0.2, -0.15) is 13.2 Å². The number of halogens is 3. The number of carbonyl (C=O) groups is 1. The first-order chi connectivity index (χ1) is 15.7. The van der Waals surface area contributed by atoms with Gasteiger partial charge in [-0.3, -0.25) is 4.79 Å². The standard InChI is InChI=1S/C22H23F3N6OS/c1-13-3-6-27-20(28-13)31-11-21(12-31)4-7-30(8-5-21)16-9-15(22(23,24)25)18-17(29-16)14(10-33-18)19(32)26-2/h3,6,9-10H,4-5,7-8,11-12H2,1-2H3,(H,26,32). The van der Waals surface area contributed by atoms with Gasteiger partial charge in [0, 0.05) is 55.9 Å². The van der Waals surface area contributed by atoms with Crippen LogP contribution in [0.15, 0.2) is 23.7 Å². The zero-order valence-electron chi connectivity index (χ0n) is 18.2. The van der Waals surface area contributed by atoms with Gasteiger partial charge >= 0.3 is 6.18 Å². The zero-order valence-corrected chi connectivity index (χ0v) is 19.1.